The molecule has 4 nitrogen and oxygen atoms in total. The molecule has 0 radical (unpaired) electrons. The molecule has 27 heavy (non-hydrogen) atoms. The Morgan fingerprint density at radius 1 is 0.963 bits per heavy atom. The van der Waals surface area contributed by atoms with E-state index in [9.17, 15) is 4.79 Å². The smallest absolute Gasteiger partial charge is 0.222 e. The molecule has 2 aliphatic heterocycles. The van der Waals surface area contributed by atoms with Crippen LogP contribution in [-0.4, -0.2) is 48.4 Å². The number of benzene rings is 2. The van der Waals surface area contributed by atoms with Gasteiger partial charge in [0.05, 0.1) is 0 Å². The van der Waals surface area contributed by atoms with Gasteiger partial charge in [0, 0.05) is 50.5 Å². The van der Waals surface area contributed by atoms with Gasteiger partial charge < -0.3 is 9.80 Å². The number of carbonyl (C=O) groups is 1. The maximum absolute atomic E-state index is 12.1. The third-order valence-electron chi connectivity index (χ3n) is 5.90. The van der Waals surface area contributed by atoms with Crippen molar-refractivity contribution in [1.29, 1.82) is 0 Å². The van der Waals surface area contributed by atoms with Crippen LogP contribution in [0, 0.1) is 0 Å². The molecular weight excluding hydrogens is 334 g/mol. The molecule has 2 saturated heterocycles. The number of amides is 1. The Bertz CT molecular complexity index is 759. The molecular formula is C23H29N3O. The Morgan fingerprint density at radius 2 is 1.70 bits per heavy atom. The number of anilines is 2. The Balaban J connectivity index is 1.37. The lowest BCUT2D eigenvalue weighted by atomic mass is 10.0. The minimum Gasteiger partial charge on any atom is -0.345 e. The Kier molecular flexibility index (Phi) is 5.44. The van der Waals surface area contributed by atoms with Gasteiger partial charge in [0.1, 0.15) is 0 Å². The fourth-order valence-electron chi connectivity index (χ4n) is 4.37. The van der Waals surface area contributed by atoms with Crippen LogP contribution >= 0.6 is 0 Å². The van der Waals surface area contributed by atoms with Gasteiger partial charge in [-0.2, -0.15) is 0 Å². The van der Waals surface area contributed by atoms with Crippen molar-refractivity contribution in [2.45, 2.75) is 38.3 Å². The van der Waals surface area contributed by atoms with Gasteiger partial charge in [-0.15, -0.1) is 0 Å². The van der Waals surface area contributed by atoms with Crippen molar-refractivity contribution < 1.29 is 4.79 Å². The summed E-state index contributed by atoms with van der Waals surface area (Å²) in [5.41, 5.74) is 3.73. The molecule has 4 heteroatoms. The molecule has 2 heterocycles. The predicted octanol–water partition coefficient (Wildman–Crippen LogP) is 4.04. The maximum Gasteiger partial charge on any atom is 0.222 e. The van der Waals surface area contributed by atoms with Gasteiger partial charge in [0.15, 0.2) is 0 Å². The molecule has 0 saturated carbocycles. The summed E-state index contributed by atoms with van der Waals surface area (Å²) in [5.74, 6) is 0.357. The van der Waals surface area contributed by atoms with Crippen LogP contribution in [0.5, 0.6) is 0 Å². The summed E-state index contributed by atoms with van der Waals surface area (Å²) in [6.07, 6.45) is 4.12. The monoisotopic (exact) mass is 363 g/mol. The predicted molar refractivity (Wildman–Crippen MR) is 110 cm³/mol. The number of carbonyl (C=O) groups excluding carboxylic acids is 1. The molecule has 2 fully saturated rings. The van der Waals surface area contributed by atoms with Crippen LogP contribution in [0.2, 0.25) is 0 Å². The van der Waals surface area contributed by atoms with Crippen molar-refractivity contribution in [2.75, 3.05) is 31.6 Å². The average molecular weight is 364 g/mol. The second kappa shape index (κ2) is 8.13. The average Bonchev–Trinajstić information content (AvgIpc) is 3.15. The number of para-hydroxylation sites is 1. The lowest BCUT2D eigenvalue weighted by Crippen LogP contribution is -2.48. The number of nitrogens with zero attached hydrogens (tertiary/aromatic N) is 3. The van der Waals surface area contributed by atoms with E-state index < -0.39 is 0 Å². The third kappa shape index (κ3) is 4.16. The van der Waals surface area contributed by atoms with Crippen LogP contribution in [0.25, 0.3) is 0 Å². The maximum atomic E-state index is 12.1. The minimum absolute atomic E-state index is 0.357. The van der Waals surface area contributed by atoms with Gasteiger partial charge in [-0.05, 0) is 55.6 Å². The lowest BCUT2D eigenvalue weighted by Gasteiger charge is -2.37. The molecule has 0 bridgehead atoms. The zero-order valence-corrected chi connectivity index (χ0v) is 16.2. The van der Waals surface area contributed by atoms with Gasteiger partial charge in [0.2, 0.25) is 5.91 Å². The largest absolute Gasteiger partial charge is 0.345 e. The first kappa shape index (κ1) is 18.1. The molecule has 1 amide bonds. The van der Waals surface area contributed by atoms with Gasteiger partial charge in [-0.1, -0.05) is 30.3 Å². The van der Waals surface area contributed by atoms with Crippen LogP contribution in [0.3, 0.4) is 0 Å². The van der Waals surface area contributed by atoms with E-state index in [2.05, 4.69) is 70.3 Å². The number of likely N-dealkylation sites (tertiary alicyclic amines) is 2. The van der Waals surface area contributed by atoms with Gasteiger partial charge in [-0.3, -0.25) is 9.69 Å². The van der Waals surface area contributed by atoms with E-state index in [0.29, 0.717) is 11.9 Å². The number of piperidine rings is 1. The molecule has 0 unspecified atom stereocenters. The second-order valence-electron chi connectivity index (χ2n) is 7.78. The van der Waals surface area contributed by atoms with Crippen molar-refractivity contribution in [3.63, 3.8) is 0 Å². The Morgan fingerprint density at radius 3 is 2.41 bits per heavy atom. The van der Waals surface area contributed by atoms with Crippen LogP contribution in [0.15, 0.2) is 54.6 Å². The van der Waals surface area contributed by atoms with E-state index >= 15 is 0 Å². The molecule has 2 aromatic rings. The molecule has 0 aromatic heterocycles. The SMILES string of the molecule is CN(c1ccccc1)c1ccc(CN2CCC[C@@H](N3CCCC3=O)C2)cc1. The zero-order valence-electron chi connectivity index (χ0n) is 16.2. The highest BCUT2D eigenvalue weighted by Gasteiger charge is 2.31. The molecule has 1 atom stereocenters. The summed E-state index contributed by atoms with van der Waals surface area (Å²) in [4.78, 5) is 18.9. The minimum atomic E-state index is 0.357. The van der Waals surface area contributed by atoms with Crippen molar-refractivity contribution >= 4 is 17.3 Å². The van der Waals surface area contributed by atoms with E-state index in [1.165, 1.54) is 23.4 Å². The normalized spacial score (nSPS) is 20.9. The van der Waals surface area contributed by atoms with E-state index in [0.717, 1.165) is 45.4 Å². The molecule has 2 aromatic carbocycles. The van der Waals surface area contributed by atoms with Crippen molar-refractivity contribution in [2.24, 2.45) is 0 Å². The van der Waals surface area contributed by atoms with Crippen LogP contribution < -0.4 is 4.90 Å². The number of hydrogen-bond donors (Lipinski definition) is 0. The Labute approximate surface area is 162 Å². The fraction of sp³-hybridized carbons (Fsp3) is 0.435. The summed E-state index contributed by atoms with van der Waals surface area (Å²) < 4.78 is 0. The summed E-state index contributed by atoms with van der Waals surface area (Å²) in [6.45, 7) is 4.06. The van der Waals surface area contributed by atoms with Gasteiger partial charge in [-0.25, -0.2) is 0 Å². The molecule has 0 aliphatic carbocycles. The van der Waals surface area contributed by atoms with Crippen LogP contribution in [0.4, 0.5) is 11.4 Å². The van der Waals surface area contributed by atoms with Crippen molar-refractivity contribution in [3.8, 4) is 0 Å². The topological polar surface area (TPSA) is 26.8 Å². The van der Waals surface area contributed by atoms with E-state index in [4.69, 9.17) is 0 Å². The highest BCUT2D eigenvalue weighted by molar-refractivity contribution is 5.78. The first-order valence-corrected chi connectivity index (χ1v) is 10.1. The second-order valence-corrected chi connectivity index (χ2v) is 7.78. The van der Waals surface area contributed by atoms with E-state index in [1.807, 2.05) is 6.07 Å². The highest BCUT2D eigenvalue weighted by Crippen LogP contribution is 2.25. The van der Waals surface area contributed by atoms with E-state index in [-0.39, 0.29) is 0 Å². The molecule has 2 aliphatic rings. The first-order valence-electron chi connectivity index (χ1n) is 10.1. The fourth-order valence-corrected chi connectivity index (χ4v) is 4.37. The molecule has 0 N–H and O–H groups in total. The summed E-state index contributed by atoms with van der Waals surface area (Å²) >= 11 is 0. The van der Waals surface area contributed by atoms with Gasteiger partial charge in [0.25, 0.3) is 0 Å². The quantitative estimate of drug-likeness (QED) is 0.802. The number of hydrogen-bond acceptors (Lipinski definition) is 3. The standard InChI is InChI=1S/C23H29N3O/c1-24(20-7-3-2-4-8-20)21-13-11-19(12-14-21)17-25-15-5-9-22(18-25)26-16-6-10-23(26)27/h2-4,7-8,11-14,22H,5-6,9-10,15-18H2,1H3/t22-/m1/s1. The summed E-state index contributed by atoms with van der Waals surface area (Å²) in [7, 11) is 2.10. The van der Waals surface area contributed by atoms with Crippen LogP contribution in [-0.2, 0) is 11.3 Å². The summed E-state index contributed by atoms with van der Waals surface area (Å²) in [6, 6.07) is 19.7. The molecule has 4 rings (SSSR count). The Hall–Kier alpha value is -2.33. The third-order valence-corrected chi connectivity index (χ3v) is 5.90. The first-order chi connectivity index (χ1) is 13.2. The molecule has 142 valence electrons. The zero-order chi connectivity index (χ0) is 18.6. The van der Waals surface area contributed by atoms with Crippen molar-refractivity contribution in [1.82, 2.24) is 9.80 Å². The van der Waals surface area contributed by atoms with Gasteiger partial charge >= 0.3 is 0 Å². The van der Waals surface area contributed by atoms with Crippen LogP contribution in [0.1, 0.15) is 31.2 Å². The summed E-state index contributed by atoms with van der Waals surface area (Å²) in [5, 5.41) is 0. The lowest BCUT2D eigenvalue weighted by molar-refractivity contribution is -0.130. The van der Waals surface area contributed by atoms with Crippen molar-refractivity contribution in [3.05, 3.63) is 60.2 Å². The van der Waals surface area contributed by atoms with E-state index in [1.54, 1.807) is 0 Å². The number of rotatable bonds is 5. The molecule has 0 spiro atoms. The highest BCUT2D eigenvalue weighted by atomic mass is 16.2.